The van der Waals surface area contributed by atoms with Gasteiger partial charge in [0.25, 0.3) is 0 Å². The number of methoxy groups -OCH3 is 1. The minimum Gasteiger partial charge on any atom is -0.466 e. The molecule has 1 N–H and O–H groups in total. The van der Waals surface area contributed by atoms with Gasteiger partial charge < -0.3 is 14.6 Å². The van der Waals surface area contributed by atoms with Crippen LogP contribution in [0, 0.1) is 11.8 Å². The Kier molecular flexibility index (Phi) is 4.43. The van der Waals surface area contributed by atoms with E-state index in [1.807, 2.05) is 6.08 Å². The van der Waals surface area contributed by atoms with E-state index < -0.39 is 5.60 Å². The van der Waals surface area contributed by atoms with E-state index in [-0.39, 0.29) is 17.8 Å². The van der Waals surface area contributed by atoms with Crippen molar-refractivity contribution in [2.75, 3.05) is 7.11 Å². The van der Waals surface area contributed by atoms with E-state index in [2.05, 4.69) is 6.08 Å². The summed E-state index contributed by atoms with van der Waals surface area (Å²) < 4.78 is 4.77. The van der Waals surface area contributed by atoms with E-state index in [1.54, 1.807) is 6.92 Å². The van der Waals surface area contributed by atoms with Crippen molar-refractivity contribution < 1.29 is 19.4 Å². The van der Waals surface area contributed by atoms with Crippen LogP contribution in [0.15, 0.2) is 23.3 Å². The number of allylic oxidation sites excluding steroid dienone is 3. The third-order valence-electron chi connectivity index (χ3n) is 4.55. The summed E-state index contributed by atoms with van der Waals surface area (Å²) in [6, 6.07) is 0. The van der Waals surface area contributed by atoms with Crippen LogP contribution in [0.3, 0.4) is 0 Å². The summed E-state index contributed by atoms with van der Waals surface area (Å²) >= 11 is 0. The van der Waals surface area contributed by atoms with Crippen LogP contribution < -0.4 is 0 Å². The van der Waals surface area contributed by atoms with Gasteiger partial charge in [0.1, 0.15) is 6.29 Å². The Morgan fingerprint density at radius 2 is 2.30 bits per heavy atom. The topological polar surface area (TPSA) is 63.6 Å². The van der Waals surface area contributed by atoms with Crippen LogP contribution in [-0.2, 0) is 14.3 Å². The van der Waals surface area contributed by atoms with Crippen molar-refractivity contribution in [3.05, 3.63) is 23.3 Å². The zero-order valence-corrected chi connectivity index (χ0v) is 12.1. The molecule has 1 fully saturated rings. The third-order valence-corrected chi connectivity index (χ3v) is 4.55. The lowest BCUT2D eigenvalue weighted by atomic mass is 9.69. The van der Waals surface area contributed by atoms with Crippen LogP contribution >= 0.6 is 0 Å². The smallest absolute Gasteiger partial charge is 0.333 e. The second-order valence-corrected chi connectivity index (χ2v) is 5.98. The van der Waals surface area contributed by atoms with Gasteiger partial charge in [-0.15, -0.1) is 0 Å². The maximum atomic E-state index is 11.6. The fraction of sp³-hybridized carbons (Fsp3) is 0.625. The summed E-state index contributed by atoms with van der Waals surface area (Å²) in [6.45, 7) is 1.73. The second-order valence-electron chi connectivity index (χ2n) is 5.98. The SMILES string of the molecule is COC(=O)C1=CC(C2CCC(C)(O)C(C=O)C2)=CCC1. The molecule has 0 aromatic carbocycles. The van der Waals surface area contributed by atoms with Gasteiger partial charge in [0.2, 0.25) is 0 Å². The number of hydrogen-bond donors (Lipinski definition) is 1. The van der Waals surface area contributed by atoms with Crippen molar-refractivity contribution >= 4 is 12.3 Å². The molecule has 4 heteroatoms. The molecule has 4 nitrogen and oxygen atoms in total. The van der Waals surface area contributed by atoms with Crippen molar-refractivity contribution in [3.63, 3.8) is 0 Å². The Hall–Kier alpha value is -1.42. The number of aliphatic hydroxyl groups is 1. The first-order chi connectivity index (χ1) is 9.47. The summed E-state index contributed by atoms with van der Waals surface area (Å²) in [5.41, 5.74) is 0.909. The molecule has 2 aliphatic carbocycles. The first-order valence-corrected chi connectivity index (χ1v) is 7.14. The minimum absolute atomic E-state index is 0.241. The van der Waals surface area contributed by atoms with Gasteiger partial charge >= 0.3 is 5.97 Å². The quantitative estimate of drug-likeness (QED) is 0.635. The summed E-state index contributed by atoms with van der Waals surface area (Å²) in [7, 11) is 1.39. The number of rotatable bonds is 3. The van der Waals surface area contributed by atoms with Gasteiger partial charge in [0.05, 0.1) is 12.7 Å². The predicted molar refractivity (Wildman–Crippen MR) is 74.9 cm³/mol. The van der Waals surface area contributed by atoms with Gasteiger partial charge in [0.15, 0.2) is 0 Å². The molecule has 110 valence electrons. The molecule has 0 radical (unpaired) electrons. The van der Waals surface area contributed by atoms with Crippen molar-refractivity contribution in [3.8, 4) is 0 Å². The van der Waals surface area contributed by atoms with Gasteiger partial charge in [-0.25, -0.2) is 4.79 Å². The highest BCUT2D eigenvalue weighted by Gasteiger charge is 2.39. The number of hydrogen-bond acceptors (Lipinski definition) is 4. The lowest BCUT2D eigenvalue weighted by Crippen LogP contribution is -2.41. The third kappa shape index (κ3) is 3.01. The molecule has 2 aliphatic rings. The van der Waals surface area contributed by atoms with Gasteiger partial charge in [-0.05, 0) is 56.6 Å². The lowest BCUT2D eigenvalue weighted by Gasteiger charge is -2.39. The molecule has 0 saturated heterocycles. The molecule has 20 heavy (non-hydrogen) atoms. The molecular formula is C16H22O4. The number of aldehydes is 1. The van der Waals surface area contributed by atoms with Crippen molar-refractivity contribution in [1.82, 2.24) is 0 Å². The summed E-state index contributed by atoms with van der Waals surface area (Å²) in [5, 5.41) is 10.2. The average Bonchev–Trinajstić information content (AvgIpc) is 2.46. The molecule has 0 bridgehead atoms. The van der Waals surface area contributed by atoms with Crippen LogP contribution in [-0.4, -0.2) is 30.1 Å². The first kappa shape index (κ1) is 15.0. The van der Waals surface area contributed by atoms with Crippen LogP contribution in [0.5, 0.6) is 0 Å². The van der Waals surface area contributed by atoms with E-state index in [1.165, 1.54) is 7.11 Å². The molecule has 3 atom stereocenters. The van der Waals surface area contributed by atoms with E-state index in [0.29, 0.717) is 24.8 Å². The van der Waals surface area contributed by atoms with E-state index in [0.717, 1.165) is 24.7 Å². The van der Waals surface area contributed by atoms with E-state index in [4.69, 9.17) is 4.74 Å². The van der Waals surface area contributed by atoms with E-state index >= 15 is 0 Å². The fourth-order valence-electron chi connectivity index (χ4n) is 3.14. The molecule has 0 heterocycles. The molecule has 0 amide bonds. The van der Waals surface area contributed by atoms with Gasteiger partial charge in [-0.2, -0.15) is 0 Å². The molecule has 1 saturated carbocycles. The Morgan fingerprint density at radius 3 is 2.95 bits per heavy atom. The normalized spacial score (nSPS) is 34.0. The van der Waals surface area contributed by atoms with E-state index in [9.17, 15) is 14.7 Å². The molecule has 3 unspecified atom stereocenters. The molecule has 2 rings (SSSR count). The summed E-state index contributed by atoms with van der Waals surface area (Å²) in [5.74, 6) is -0.366. The number of carbonyl (C=O) groups is 2. The van der Waals surface area contributed by atoms with Crippen molar-refractivity contribution in [2.45, 2.75) is 44.6 Å². The minimum atomic E-state index is -0.900. The van der Waals surface area contributed by atoms with Gasteiger partial charge in [-0.1, -0.05) is 6.08 Å². The number of carbonyl (C=O) groups excluding carboxylic acids is 2. The van der Waals surface area contributed by atoms with Gasteiger partial charge in [-0.3, -0.25) is 0 Å². The summed E-state index contributed by atoms with van der Waals surface area (Å²) in [6.07, 6.45) is 8.54. The molecule has 0 aromatic heterocycles. The Morgan fingerprint density at radius 1 is 1.55 bits per heavy atom. The molecular weight excluding hydrogens is 256 g/mol. The molecule has 0 spiro atoms. The van der Waals surface area contributed by atoms with Crippen LogP contribution in [0.4, 0.5) is 0 Å². The lowest BCUT2D eigenvalue weighted by molar-refractivity contribution is -0.136. The second kappa shape index (κ2) is 5.92. The highest BCUT2D eigenvalue weighted by molar-refractivity contribution is 5.89. The highest BCUT2D eigenvalue weighted by atomic mass is 16.5. The summed E-state index contributed by atoms with van der Waals surface area (Å²) in [4.78, 5) is 22.8. The maximum absolute atomic E-state index is 11.6. The maximum Gasteiger partial charge on any atom is 0.333 e. The van der Waals surface area contributed by atoms with Crippen LogP contribution in [0.1, 0.15) is 39.0 Å². The average molecular weight is 278 g/mol. The fourth-order valence-corrected chi connectivity index (χ4v) is 3.14. The molecule has 0 aliphatic heterocycles. The number of ether oxygens (including phenoxy) is 1. The monoisotopic (exact) mass is 278 g/mol. The standard InChI is InChI=1S/C16H22O4/c1-16(19)7-6-12(9-14(16)10-17)11-4-3-5-13(8-11)15(18)20-2/h4,8,10,12,14,19H,3,5-7,9H2,1-2H3. The Labute approximate surface area is 119 Å². The number of esters is 1. The van der Waals surface area contributed by atoms with Crippen molar-refractivity contribution in [1.29, 1.82) is 0 Å². The highest BCUT2D eigenvalue weighted by Crippen LogP contribution is 2.40. The Balaban J connectivity index is 2.13. The van der Waals surface area contributed by atoms with Crippen LogP contribution in [0.25, 0.3) is 0 Å². The van der Waals surface area contributed by atoms with Crippen LogP contribution in [0.2, 0.25) is 0 Å². The van der Waals surface area contributed by atoms with Gasteiger partial charge in [0, 0.05) is 11.5 Å². The van der Waals surface area contributed by atoms with Crippen molar-refractivity contribution in [2.24, 2.45) is 11.8 Å². The largest absolute Gasteiger partial charge is 0.466 e. The zero-order chi connectivity index (χ0) is 14.8. The predicted octanol–water partition coefficient (Wildman–Crippen LogP) is 2.17. The Bertz CT molecular complexity index is 459. The molecule has 0 aromatic rings. The first-order valence-electron chi connectivity index (χ1n) is 7.14. The zero-order valence-electron chi connectivity index (χ0n) is 12.1.